The lowest BCUT2D eigenvalue weighted by Gasteiger charge is -2.22. The summed E-state index contributed by atoms with van der Waals surface area (Å²) in [6, 6.07) is 0. The minimum atomic E-state index is -5.68. The summed E-state index contributed by atoms with van der Waals surface area (Å²) in [6.07, 6.45) is -6.80. The zero-order chi connectivity index (χ0) is 18.1. The summed E-state index contributed by atoms with van der Waals surface area (Å²) in [6.45, 7) is 2.01. The minimum absolute atomic E-state index is 0.00979. The molecule has 0 aromatic rings. The second-order valence-electron chi connectivity index (χ2n) is 6.28. The molecular weight excluding hydrogens is 333 g/mol. The fourth-order valence-corrected chi connectivity index (χ4v) is 2.23. The summed E-state index contributed by atoms with van der Waals surface area (Å²) >= 11 is 0. The highest BCUT2D eigenvalue weighted by Gasteiger charge is 2.58. The maximum Gasteiger partial charge on any atom is 0.455 e. The third-order valence-corrected chi connectivity index (χ3v) is 3.67. The van der Waals surface area contributed by atoms with Crippen LogP contribution in [0.4, 0.5) is 30.7 Å². The molecule has 1 saturated carbocycles. The zero-order valence-corrected chi connectivity index (χ0v) is 13.1. The van der Waals surface area contributed by atoms with Crippen molar-refractivity contribution >= 4 is 0 Å². The van der Waals surface area contributed by atoms with Gasteiger partial charge in [0.15, 0.2) is 0 Å². The highest BCUT2D eigenvalue weighted by atomic mass is 19.4. The zero-order valence-electron chi connectivity index (χ0n) is 13.1. The first-order chi connectivity index (χ1) is 10.3. The predicted octanol–water partition coefficient (Wildman–Crippen LogP) is 4.68. The van der Waals surface area contributed by atoms with E-state index in [-0.39, 0.29) is 18.9 Å². The number of hydrogen-bond donors (Lipinski definition) is 0. The Bertz CT molecular complexity index is 382. The standard InChI is InChI=1S/C14H21F7O2/c1-8(2)22-6-12(15,16)11-5-10(11)4-9(3)23-7-13(17,18)14(19,20)21/h8-11H,4-7H2,1-3H3. The van der Waals surface area contributed by atoms with E-state index >= 15 is 0 Å². The van der Waals surface area contributed by atoms with Gasteiger partial charge in [-0.1, -0.05) is 0 Å². The first-order valence-corrected chi connectivity index (χ1v) is 7.32. The van der Waals surface area contributed by atoms with Crippen molar-refractivity contribution in [2.24, 2.45) is 11.8 Å². The van der Waals surface area contributed by atoms with E-state index in [1.165, 1.54) is 6.92 Å². The van der Waals surface area contributed by atoms with Crippen LogP contribution in [0.5, 0.6) is 0 Å². The van der Waals surface area contributed by atoms with Gasteiger partial charge >= 0.3 is 12.1 Å². The summed E-state index contributed by atoms with van der Waals surface area (Å²) in [5.41, 5.74) is 0. The molecule has 1 rings (SSSR count). The van der Waals surface area contributed by atoms with Crippen LogP contribution >= 0.6 is 0 Å². The van der Waals surface area contributed by atoms with Gasteiger partial charge in [0.05, 0.1) is 12.2 Å². The topological polar surface area (TPSA) is 18.5 Å². The van der Waals surface area contributed by atoms with Crippen molar-refractivity contribution < 1.29 is 40.2 Å². The van der Waals surface area contributed by atoms with E-state index < -0.39 is 49.2 Å². The highest BCUT2D eigenvalue weighted by molar-refractivity contribution is 4.97. The first kappa shape index (κ1) is 20.5. The lowest BCUT2D eigenvalue weighted by molar-refractivity contribution is -0.299. The maximum atomic E-state index is 13.8. The van der Waals surface area contributed by atoms with Gasteiger partial charge in [-0.3, -0.25) is 0 Å². The van der Waals surface area contributed by atoms with Crippen LogP contribution in [-0.4, -0.2) is 43.4 Å². The quantitative estimate of drug-likeness (QED) is 0.560. The summed E-state index contributed by atoms with van der Waals surface area (Å²) in [7, 11) is 0. The molecule has 0 amide bonds. The van der Waals surface area contributed by atoms with Gasteiger partial charge in [0.2, 0.25) is 0 Å². The van der Waals surface area contributed by atoms with Gasteiger partial charge in [-0.15, -0.1) is 0 Å². The molecule has 2 nitrogen and oxygen atoms in total. The Balaban J connectivity index is 2.36. The van der Waals surface area contributed by atoms with Crippen LogP contribution in [0.15, 0.2) is 0 Å². The number of rotatable bonds is 9. The van der Waals surface area contributed by atoms with Crippen molar-refractivity contribution in [2.75, 3.05) is 13.2 Å². The molecule has 0 bridgehead atoms. The largest absolute Gasteiger partial charge is 0.455 e. The van der Waals surface area contributed by atoms with Gasteiger partial charge in [-0.25, -0.2) is 8.78 Å². The second kappa shape index (κ2) is 7.13. The van der Waals surface area contributed by atoms with E-state index in [0.717, 1.165) is 0 Å². The number of hydrogen-bond acceptors (Lipinski definition) is 2. The van der Waals surface area contributed by atoms with E-state index in [1.807, 2.05) is 0 Å². The smallest absolute Gasteiger partial charge is 0.373 e. The molecule has 23 heavy (non-hydrogen) atoms. The average Bonchev–Trinajstić information content (AvgIpc) is 3.13. The molecule has 1 aliphatic rings. The van der Waals surface area contributed by atoms with E-state index in [4.69, 9.17) is 4.74 Å². The van der Waals surface area contributed by atoms with Crippen molar-refractivity contribution in [3.63, 3.8) is 0 Å². The normalized spacial score (nSPS) is 24.1. The van der Waals surface area contributed by atoms with Gasteiger partial charge in [0.25, 0.3) is 5.92 Å². The fraction of sp³-hybridized carbons (Fsp3) is 1.00. The molecule has 0 saturated heterocycles. The molecule has 138 valence electrons. The summed E-state index contributed by atoms with van der Waals surface area (Å²) in [4.78, 5) is 0. The molecule has 0 spiro atoms. The predicted molar refractivity (Wildman–Crippen MR) is 68.7 cm³/mol. The lowest BCUT2D eigenvalue weighted by atomic mass is 10.1. The van der Waals surface area contributed by atoms with Crippen molar-refractivity contribution in [2.45, 2.75) is 63.8 Å². The van der Waals surface area contributed by atoms with Crippen LogP contribution in [0, 0.1) is 11.8 Å². The number of alkyl halides is 7. The van der Waals surface area contributed by atoms with Crippen LogP contribution in [0.25, 0.3) is 0 Å². The Morgan fingerprint density at radius 3 is 1.96 bits per heavy atom. The lowest BCUT2D eigenvalue weighted by Crippen LogP contribution is -2.41. The van der Waals surface area contributed by atoms with E-state index in [2.05, 4.69) is 4.74 Å². The van der Waals surface area contributed by atoms with Gasteiger partial charge in [0, 0.05) is 5.92 Å². The summed E-state index contributed by atoms with van der Waals surface area (Å²) in [5, 5.41) is 0. The monoisotopic (exact) mass is 354 g/mol. The van der Waals surface area contributed by atoms with Crippen molar-refractivity contribution in [3.05, 3.63) is 0 Å². The van der Waals surface area contributed by atoms with E-state index in [1.54, 1.807) is 13.8 Å². The first-order valence-electron chi connectivity index (χ1n) is 7.32. The van der Waals surface area contributed by atoms with Crippen molar-refractivity contribution in [1.82, 2.24) is 0 Å². The molecule has 1 aliphatic carbocycles. The van der Waals surface area contributed by atoms with Gasteiger partial charge in [0.1, 0.15) is 13.2 Å². The van der Waals surface area contributed by atoms with Crippen LogP contribution in [0.2, 0.25) is 0 Å². The Kier molecular flexibility index (Phi) is 6.34. The molecule has 3 unspecified atom stereocenters. The molecule has 9 heteroatoms. The average molecular weight is 354 g/mol. The van der Waals surface area contributed by atoms with Gasteiger partial charge in [-0.2, -0.15) is 22.0 Å². The van der Waals surface area contributed by atoms with Gasteiger partial charge in [-0.05, 0) is 39.5 Å². The summed E-state index contributed by atoms with van der Waals surface area (Å²) < 4.78 is 98.3. The third kappa shape index (κ3) is 6.10. The molecule has 3 atom stereocenters. The molecule has 0 aromatic heterocycles. The number of halogens is 7. The van der Waals surface area contributed by atoms with E-state index in [0.29, 0.717) is 0 Å². The van der Waals surface area contributed by atoms with E-state index in [9.17, 15) is 30.7 Å². The maximum absolute atomic E-state index is 13.8. The second-order valence-corrected chi connectivity index (χ2v) is 6.28. The Hall–Kier alpha value is -0.570. The van der Waals surface area contributed by atoms with Crippen LogP contribution in [-0.2, 0) is 9.47 Å². The Morgan fingerprint density at radius 1 is 0.913 bits per heavy atom. The molecule has 0 N–H and O–H groups in total. The molecule has 0 aliphatic heterocycles. The Morgan fingerprint density at radius 2 is 1.48 bits per heavy atom. The van der Waals surface area contributed by atoms with Gasteiger partial charge < -0.3 is 9.47 Å². The van der Waals surface area contributed by atoms with Crippen LogP contribution < -0.4 is 0 Å². The fourth-order valence-electron chi connectivity index (χ4n) is 2.23. The molecule has 0 radical (unpaired) electrons. The molecular formula is C14H21F7O2. The van der Waals surface area contributed by atoms with Crippen molar-refractivity contribution in [3.8, 4) is 0 Å². The third-order valence-electron chi connectivity index (χ3n) is 3.67. The highest BCUT2D eigenvalue weighted by Crippen LogP contribution is 2.52. The minimum Gasteiger partial charge on any atom is -0.373 e. The SMILES string of the molecule is CC(C)OCC(F)(F)C1CC1CC(C)OCC(F)(F)C(F)(F)F. The molecule has 0 heterocycles. The van der Waals surface area contributed by atoms with Crippen LogP contribution in [0.1, 0.15) is 33.6 Å². The molecule has 0 aromatic carbocycles. The Labute approximate surface area is 130 Å². The summed E-state index contributed by atoms with van der Waals surface area (Å²) in [5.74, 6) is -9.39. The number of ether oxygens (including phenoxy) is 2. The van der Waals surface area contributed by atoms with Crippen LogP contribution in [0.3, 0.4) is 0 Å². The molecule has 1 fully saturated rings. The van der Waals surface area contributed by atoms with Crippen molar-refractivity contribution in [1.29, 1.82) is 0 Å².